The number of imidazole rings is 1. The average Bonchev–Trinajstić information content (AvgIpc) is 3.30. The molecule has 0 unspecified atom stereocenters. The topological polar surface area (TPSA) is 69.7 Å². The lowest BCUT2D eigenvalue weighted by atomic mass is 10.2. The van der Waals surface area contributed by atoms with E-state index in [1.165, 1.54) is 0 Å². The van der Waals surface area contributed by atoms with Gasteiger partial charge in [0, 0.05) is 49.2 Å². The Kier molecular flexibility index (Phi) is 4.88. The number of benzene rings is 1. The zero-order valence-corrected chi connectivity index (χ0v) is 14.3. The van der Waals surface area contributed by atoms with Gasteiger partial charge in [0.15, 0.2) is 5.82 Å². The molecular formula is C19H21FN6. The Balaban J connectivity index is 1.35. The first kappa shape index (κ1) is 16.7. The lowest BCUT2D eigenvalue weighted by Crippen LogP contribution is -2.38. The van der Waals surface area contributed by atoms with Crippen molar-refractivity contribution in [2.45, 2.75) is 25.2 Å². The van der Waals surface area contributed by atoms with Crippen LogP contribution in [-0.2, 0) is 6.54 Å². The number of halogens is 1. The van der Waals surface area contributed by atoms with E-state index < -0.39 is 6.17 Å². The molecule has 1 fully saturated rings. The van der Waals surface area contributed by atoms with Crippen molar-refractivity contribution in [3.05, 3.63) is 60.6 Å². The fourth-order valence-electron chi connectivity index (χ4n) is 3.35. The molecule has 2 N–H and O–H groups in total. The van der Waals surface area contributed by atoms with E-state index in [2.05, 4.69) is 25.5 Å². The molecule has 7 heteroatoms. The van der Waals surface area contributed by atoms with Crippen molar-refractivity contribution in [1.82, 2.24) is 25.5 Å². The number of nitrogens with zero attached hydrogens (tertiary/aromatic N) is 4. The minimum Gasteiger partial charge on any atom is -0.348 e. The summed E-state index contributed by atoms with van der Waals surface area (Å²) >= 11 is 0. The molecule has 1 aromatic carbocycles. The van der Waals surface area contributed by atoms with Crippen molar-refractivity contribution < 1.29 is 4.39 Å². The third kappa shape index (κ3) is 3.72. The van der Waals surface area contributed by atoms with Crippen LogP contribution < -0.4 is 10.2 Å². The van der Waals surface area contributed by atoms with E-state index in [4.69, 9.17) is 0 Å². The maximum absolute atomic E-state index is 13.9. The lowest BCUT2D eigenvalue weighted by molar-refractivity contribution is 0.354. The van der Waals surface area contributed by atoms with Crippen LogP contribution in [0.2, 0.25) is 0 Å². The van der Waals surface area contributed by atoms with E-state index >= 15 is 0 Å². The second-order valence-corrected chi connectivity index (χ2v) is 6.47. The molecule has 26 heavy (non-hydrogen) atoms. The Morgan fingerprint density at radius 1 is 1.19 bits per heavy atom. The highest BCUT2D eigenvalue weighted by Gasteiger charge is 2.32. The number of hydrogen-bond donors (Lipinski definition) is 2. The van der Waals surface area contributed by atoms with E-state index in [0.717, 1.165) is 22.9 Å². The third-order valence-electron chi connectivity index (χ3n) is 4.59. The van der Waals surface area contributed by atoms with Gasteiger partial charge >= 0.3 is 0 Å². The molecule has 1 saturated heterocycles. The molecule has 2 aromatic heterocycles. The Hall–Kier alpha value is -2.80. The Labute approximate surface area is 151 Å². The van der Waals surface area contributed by atoms with Gasteiger partial charge in [-0.25, -0.2) is 9.37 Å². The summed E-state index contributed by atoms with van der Waals surface area (Å²) in [6.07, 6.45) is 3.13. The highest BCUT2D eigenvalue weighted by atomic mass is 19.1. The minimum absolute atomic E-state index is 0.0678. The number of aromatic nitrogens is 4. The van der Waals surface area contributed by atoms with E-state index in [1.807, 2.05) is 53.6 Å². The quantitative estimate of drug-likeness (QED) is 0.714. The van der Waals surface area contributed by atoms with Crippen LogP contribution in [0, 0.1) is 0 Å². The zero-order valence-electron chi connectivity index (χ0n) is 14.3. The molecule has 4 rings (SSSR count). The molecule has 0 saturated carbocycles. The first-order valence-corrected chi connectivity index (χ1v) is 8.78. The molecule has 1 aliphatic heterocycles. The summed E-state index contributed by atoms with van der Waals surface area (Å²) in [6.45, 7) is 1.70. The van der Waals surface area contributed by atoms with Crippen molar-refractivity contribution in [3.63, 3.8) is 0 Å². The van der Waals surface area contributed by atoms with Gasteiger partial charge in [-0.3, -0.25) is 0 Å². The standard InChI is InChI=1S/C19H21FN6/c20-15-9-17(26(13-15)18-7-4-8-23-25-18)12-21-10-16-11-22-19(24-16)14-5-2-1-3-6-14/h1-8,11,15,17,21H,9-10,12-13H2,(H,22,24)/t15-,17-/m0/s1. The summed E-state index contributed by atoms with van der Waals surface area (Å²) in [5.74, 6) is 1.58. The Morgan fingerprint density at radius 2 is 2.08 bits per heavy atom. The van der Waals surface area contributed by atoms with Crippen LogP contribution in [0.3, 0.4) is 0 Å². The summed E-state index contributed by atoms with van der Waals surface area (Å²) in [5, 5.41) is 11.4. The van der Waals surface area contributed by atoms with Crippen LogP contribution in [-0.4, -0.2) is 45.5 Å². The monoisotopic (exact) mass is 352 g/mol. The van der Waals surface area contributed by atoms with E-state index in [1.54, 1.807) is 6.20 Å². The van der Waals surface area contributed by atoms with Gasteiger partial charge in [0.2, 0.25) is 0 Å². The highest BCUT2D eigenvalue weighted by Crippen LogP contribution is 2.25. The van der Waals surface area contributed by atoms with E-state index in [-0.39, 0.29) is 6.04 Å². The number of alkyl halides is 1. The van der Waals surface area contributed by atoms with Crippen molar-refractivity contribution in [1.29, 1.82) is 0 Å². The predicted molar refractivity (Wildman–Crippen MR) is 98.4 cm³/mol. The molecule has 2 atom stereocenters. The van der Waals surface area contributed by atoms with Gasteiger partial charge in [-0.2, -0.15) is 5.10 Å². The van der Waals surface area contributed by atoms with Crippen molar-refractivity contribution >= 4 is 5.82 Å². The highest BCUT2D eigenvalue weighted by molar-refractivity contribution is 5.54. The maximum atomic E-state index is 13.9. The third-order valence-corrected chi connectivity index (χ3v) is 4.59. The van der Waals surface area contributed by atoms with Gasteiger partial charge in [0.25, 0.3) is 0 Å². The summed E-state index contributed by atoms with van der Waals surface area (Å²) in [4.78, 5) is 9.74. The number of rotatable bonds is 6. The van der Waals surface area contributed by atoms with Crippen LogP contribution in [0.25, 0.3) is 11.4 Å². The van der Waals surface area contributed by atoms with Crippen molar-refractivity contribution in [2.75, 3.05) is 18.0 Å². The number of H-pyrrole nitrogens is 1. The summed E-state index contributed by atoms with van der Waals surface area (Å²) in [7, 11) is 0. The molecular weight excluding hydrogens is 331 g/mol. The SMILES string of the molecule is F[C@H]1C[C@@H](CNCc2cnc(-c3ccccc3)[nH]2)N(c2cccnn2)C1. The number of anilines is 1. The molecule has 6 nitrogen and oxygen atoms in total. The van der Waals surface area contributed by atoms with Crippen LogP contribution in [0.1, 0.15) is 12.1 Å². The normalized spacial score (nSPS) is 19.8. The van der Waals surface area contributed by atoms with Gasteiger partial charge in [-0.1, -0.05) is 30.3 Å². The first-order chi connectivity index (χ1) is 12.8. The van der Waals surface area contributed by atoms with Gasteiger partial charge in [0.05, 0.1) is 6.54 Å². The number of nitrogens with one attached hydrogen (secondary N) is 2. The van der Waals surface area contributed by atoms with Crippen LogP contribution >= 0.6 is 0 Å². The van der Waals surface area contributed by atoms with Crippen molar-refractivity contribution in [3.8, 4) is 11.4 Å². The first-order valence-electron chi connectivity index (χ1n) is 8.78. The molecule has 3 heterocycles. The fraction of sp³-hybridized carbons (Fsp3) is 0.316. The maximum Gasteiger partial charge on any atom is 0.151 e. The largest absolute Gasteiger partial charge is 0.348 e. The van der Waals surface area contributed by atoms with Gasteiger partial charge in [-0.15, -0.1) is 5.10 Å². The number of hydrogen-bond acceptors (Lipinski definition) is 5. The van der Waals surface area contributed by atoms with Crippen LogP contribution in [0.4, 0.5) is 10.2 Å². The Morgan fingerprint density at radius 3 is 2.88 bits per heavy atom. The van der Waals surface area contributed by atoms with Gasteiger partial charge < -0.3 is 15.2 Å². The lowest BCUT2D eigenvalue weighted by Gasteiger charge is -2.24. The zero-order chi connectivity index (χ0) is 17.8. The summed E-state index contributed by atoms with van der Waals surface area (Å²) in [5.41, 5.74) is 2.06. The summed E-state index contributed by atoms with van der Waals surface area (Å²) in [6, 6.07) is 13.8. The second-order valence-electron chi connectivity index (χ2n) is 6.47. The van der Waals surface area contributed by atoms with E-state index in [9.17, 15) is 4.39 Å². The molecule has 0 radical (unpaired) electrons. The smallest absolute Gasteiger partial charge is 0.151 e. The van der Waals surface area contributed by atoms with Gasteiger partial charge in [0.1, 0.15) is 12.0 Å². The number of aromatic amines is 1. The molecule has 0 spiro atoms. The van der Waals surface area contributed by atoms with Crippen molar-refractivity contribution in [2.24, 2.45) is 0 Å². The minimum atomic E-state index is -0.833. The molecule has 0 aliphatic carbocycles. The molecule has 1 aliphatic rings. The summed E-state index contributed by atoms with van der Waals surface area (Å²) < 4.78 is 13.9. The second kappa shape index (κ2) is 7.61. The predicted octanol–water partition coefficient (Wildman–Crippen LogP) is 2.57. The van der Waals surface area contributed by atoms with E-state index in [0.29, 0.717) is 26.1 Å². The fourth-order valence-corrected chi connectivity index (χ4v) is 3.35. The average molecular weight is 352 g/mol. The van der Waals surface area contributed by atoms with Crippen LogP contribution in [0.5, 0.6) is 0 Å². The molecule has 3 aromatic rings. The molecule has 0 bridgehead atoms. The molecule has 0 amide bonds. The van der Waals surface area contributed by atoms with Gasteiger partial charge in [-0.05, 0) is 12.1 Å². The van der Waals surface area contributed by atoms with Crippen LogP contribution in [0.15, 0.2) is 54.9 Å². The Bertz CT molecular complexity index is 822. The molecule has 134 valence electrons.